The Morgan fingerprint density at radius 1 is 0.707 bits per heavy atom. The summed E-state index contributed by atoms with van der Waals surface area (Å²) in [5.41, 5.74) is 6.37. The van der Waals surface area contributed by atoms with Crippen molar-refractivity contribution in [2.24, 2.45) is 0 Å². The van der Waals surface area contributed by atoms with Gasteiger partial charge in [-0.2, -0.15) is 0 Å². The summed E-state index contributed by atoms with van der Waals surface area (Å²) >= 11 is 3.53. The molecular weight excluding hydrogens is 578 g/mol. The molecule has 7 heteroatoms. The van der Waals surface area contributed by atoms with E-state index in [1.54, 1.807) is 18.2 Å². The van der Waals surface area contributed by atoms with Gasteiger partial charge in [0.25, 0.3) is 11.8 Å². The molecular formula is C34H24BrN3O3. The predicted molar refractivity (Wildman–Crippen MR) is 165 cm³/mol. The molecule has 4 aromatic carbocycles. The Labute approximate surface area is 245 Å². The number of aryl methyl sites for hydroxylation is 1. The second-order valence-electron chi connectivity index (χ2n) is 9.67. The smallest absolute Gasteiger partial charge is 0.309 e. The molecule has 0 saturated carbocycles. The molecule has 0 radical (unpaired) electrons. The van der Waals surface area contributed by atoms with Crippen molar-refractivity contribution in [3.8, 4) is 28.2 Å². The maximum absolute atomic E-state index is 13.7. The second-order valence-corrected chi connectivity index (χ2v) is 10.6. The van der Waals surface area contributed by atoms with Gasteiger partial charge in [0.2, 0.25) is 0 Å². The maximum Gasteiger partial charge on any atom is 0.335 e. The van der Waals surface area contributed by atoms with E-state index in [0.717, 1.165) is 43.1 Å². The van der Waals surface area contributed by atoms with Gasteiger partial charge in [0.05, 0.1) is 17.1 Å². The molecule has 0 bridgehead atoms. The fourth-order valence-electron chi connectivity index (χ4n) is 4.95. The second kappa shape index (κ2) is 10.9. The Bertz CT molecular complexity index is 1810. The largest absolute Gasteiger partial charge is 0.335 e. The zero-order valence-electron chi connectivity index (χ0n) is 22.0. The van der Waals surface area contributed by atoms with Gasteiger partial charge in [-0.25, -0.2) is 9.69 Å². The number of urea groups is 1. The topological polar surface area (TPSA) is 71.4 Å². The van der Waals surface area contributed by atoms with Crippen molar-refractivity contribution in [2.45, 2.75) is 6.92 Å². The number of anilines is 1. The predicted octanol–water partition coefficient (Wildman–Crippen LogP) is 7.55. The summed E-state index contributed by atoms with van der Waals surface area (Å²) in [4.78, 5) is 40.6. The molecule has 1 saturated heterocycles. The van der Waals surface area contributed by atoms with Crippen LogP contribution in [0.25, 0.3) is 34.3 Å². The molecule has 1 aromatic heterocycles. The molecule has 4 amide bonds. The van der Waals surface area contributed by atoms with Gasteiger partial charge in [0, 0.05) is 15.7 Å². The number of barbiturate groups is 1. The minimum Gasteiger partial charge on any atom is -0.309 e. The number of rotatable bonds is 5. The Morgan fingerprint density at radius 2 is 1.29 bits per heavy atom. The van der Waals surface area contributed by atoms with E-state index in [0.29, 0.717) is 11.3 Å². The van der Waals surface area contributed by atoms with Crippen molar-refractivity contribution in [1.29, 1.82) is 0 Å². The van der Waals surface area contributed by atoms with Gasteiger partial charge < -0.3 is 4.57 Å². The Hall–Kier alpha value is -5.01. The molecule has 0 atom stereocenters. The zero-order valence-corrected chi connectivity index (χ0v) is 23.6. The van der Waals surface area contributed by atoms with Gasteiger partial charge in [-0.1, -0.05) is 94.3 Å². The summed E-state index contributed by atoms with van der Waals surface area (Å²) in [6, 6.07) is 35.9. The number of aromatic nitrogens is 1. The number of carbonyl (C=O) groups excluding carboxylic acids is 3. The molecule has 1 fully saturated rings. The first kappa shape index (κ1) is 26.2. The first-order valence-corrected chi connectivity index (χ1v) is 13.8. The summed E-state index contributed by atoms with van der Waals surface area (Å²) in [6.45, 7) is 1.92. The van der Waals surface area contributed by atoms with Gasteiger partial charge in [-0.05, 0) is 66.6 Å². The maximum atomic E-state index is 13.7. The lowest BCUT2D eigenvalue weighted by Crippen LogP contribution is -2.54. The molecule has 1 N–H and O–H groups in total. The average Bonchev–Trinajstić information content (AvgIpc) is 3.36. The number of nitrogens with zero attached hydrogens (tertiary/aromatic N) is 2. The number of hydrogen-bond acceptors (Lipinski definition) is 3. The Morgan fingerprint density at radius 3 is 1.93 bits per heavy atom. The molecule has 5 aromatic rings. The van der Waals surface area contributed by atoms with E-state index in [2.05, 4.69) is 25.8 Å². The quantitative estimate of drug-likeness (QED) is 0.167. The number of hydrogen-bond donors (Lipinski definition) is 1. The van der Waals surface area contributed by atoms with Crippen molar-refractivity contribution in [1.82, 2.24) is 9.88 Å². The normalized spacial score (nSPS) is 14.4. The molecule has 0 spiro atoms. The van der Waals surface area contributed by atoms with Crippen LogP contribution < -0.4 is 10.2 Å². The molecule has 6 rings (SSSR count). The van der Waals surface area contributed by atoms with Crippen LogP contribution >= 0.6 is 15.9 Å². The van der Waals surface area contributed by atoms with Crippen molar-refractivity contribution in [2.75, 3.05) is 4.90 Å². The summed E-state index contributed by atoms with van der Waals surface area (Å²) in [7, 11) is 0. The number of nitrogens with one attached hydrogen (secondary N) is 1. The van der Waals surface area contributed by atoms with E-state index in [-0.39, 0.29) is 5.57 Å². The third-order valence-electron chi connectivity index (χ3n) is 6.93. The van der Waals surface area contributed by atoms with Gasteiger partial charge in [-0.3, -0.25) is 14.9 Å². The standard InChI is InChI=1S/C34H24BrN3O3/c1-22-12-16-28(17-13-22)38-33(40)29(32(39)36-34(38)41)20-25-21-30(23-8-4-2-5-9-23)37(27-18-14-26(35)15-19-27)31(25)24-10-6-3-7-11-24/h2-21H,1H3,(H,36,39,41)/b29-20-. The summed E-state index contributed by atoms with van der Waals surface area (Å²) < 4.78 is 3.07. The van der Waals surface area contributed by atoms with Crippen LogP contribution in [-0.2, 0) is 9.59 Å². The molecule has 200 valence electrons. The highest BCUT2D eigenvalue weighted by Gasteiger charge is 2.37. The molecule has 0 aliphatic carbocycles. The van der Waals surface area contributed by atoms with Crippen LogP contribution in [0.4, 0.5) is 10.5 Å². The van der Waals surface area contributed by atoms with Crippen LogP contribution in [0, 0.1) is 6.92 Å². The molecule has 0 unspecified atom stereocenters. The highest BCUT2D eigenvalue weighted by Crippen LogP contribution is 2.38. The number of halogens is 1. The van der Waals surface area contributed by atoms with Crippen LogP contribution in [-0.4, -0.2) is 22.4 Å². The first-order valence-electron chi connectivity index (χ1n) is 13.0. The average molecular weight is 602 g/mol. The van der Waals surface area contributed by atoms with Gasteiger partial charge in [-0.15, -0.1) is 0 Å². The molecule has 41 heavy (non-hydrogen) atoms. The van der Waals surface area contributed by atoms with Crippen molar-refractivity contribution in [3.63, 3.8) is 0 Å². The lowest BCUT2D eigenvalue weighted by atomic mass is 10.0. The molecule has 1 aliphatic rings. The van der Waals surface area contributed by atoms with Gasteiger partial charge in [0.1, 0.15) is 5.57 Å². The zero-order chi connectivity index (χ0) is 28.5. The number of amides is 4. The van der Waals surface area contributed by atoms with Crippen molar-refractivity contribution < 1.29 is 14.4 Å². The summed E-state index contributed by atoms with van der Waals surface area (Å²) in [5, 5.41) is 2.34. The minimum absolute atomic E-state index is 0.130. The fourth-order valence-corrected chi connectivity index (χ4v) is 5.22. The van der Waals surface area contributed by atoms with E-state index in [1.807, 2.05) is 110 Å². The van der Waals surface area contributed by atoms with Gasteiger partial charge in [0.15, 0.2) is 0 Å². The Kier molecular flexibility index (Phi) is 6.95. The molecule has 1 aliphatic heterocycles. The highest BCUT2D eigenvalue weighted by molar-refractivity contribution is 9.10. The SMILES string of the molecule is Cc1ccc(N2C(=O)NC(=O)/C(=C/c3cc(-c4ccccc4)n(-c4ccc(Br)cc4)c3-c3ccccc3)C2=O)cc1. The summed E-state index contributed by atoms with van der Waals surface area (Å²) in [5.74, 6) is -1.42. The lowest BCUT2D eigenvalue weighted by Gasteiger charge is -2.26. The number of carbonyl (C=O) groups is 3. The summed E-state index contributed by atoms with van der Waals surface area (Å²) in [6.07, 6.45) is 1.58. The number of imide groups is 2. The van der Waals surface area contributed by atoms with E-state index >= 15 is 0 Å². The van der Waals surface area contributed by atoms with E-state index < -0.39 is 17.8 Å². The van der Waals surface area contributed by atoms with Crippen molar-refractivity contribution in [3.05, 3.63) is 136 Å². The minimum atomic E-state index is -0.776. The third-order valence-corrected chi connectivity index (χ3v) is 7.45. The van der Waals surface area contributed by atoms with Crippen LogP contribution in [0.5, 0.6) is 0 Å². The first-order chi connectivity index (χ1) is 19.9. The monoisotopic (exact) mass is 601 g/mol. The van der Waals surface area contributed by atoms with E-state index in [4.69, 9.17) is 0 Å². The van der Waals surface area contributed by atoms with Crippen LogP contribution in [0.2, 0.25) is 0 Å². The lowest BCUT2D eigenvalue weighted by molar-refractivity contribution is -0.122. The fraction of sp³-hybridized carbons (Fsp3) is 0.0294. The van der Waals surface area contributed by atoms with Crippen molar-refractivity contribution >= 4 is 45.5 Å². The van der Waals surface area contributed by atoms with Crippen LogP contribution in [0.1, 0.15) is 11.1 Å². The molecule has 2 heterocycles. The molecule has 6 nitrogen and oxygen atoms in total. The van der Waals surface area contributed by atoms with Gasteiger partial charge >= 0.3 is 6.03 Å². The van der Waals surface area contributed by atoms with Crippen LogP contribution in [0.15, 0.2) is 125 Å². The Balaban J connectivity index is 1.59. The third kappa shape index (κ3) is 5.03. The van der Waals surface area contributed by atoms with E-state index in [1.165, 1.54) is 0 Å². The number of benzene rings is 4. The van der Waals surface area contributed by atoms with Crippen LogP contribution in [0.3, 0.4) is 0 Å². The van der Waals surface area contributed by atoms with E-state index in [9.17, 15) is 14.4 Å². The highest BCUT2D eigenvalue weighted by atomic mass is 79.9.